The van der Waals surface area contributed by atoms with E-state index in [2.05, 4.69) is 10.6 Å². The van der Waals surface area contributed by atoms with Crippen LogP contribution in [0.4, 0.5) is 10.1 Å². The fourth-order valence-electron chi connectivity index (χ4n) is 2.12. The number of amides is 2. The van der Waals surface area contributed by atoms with Gasteiger partial charge in [-0.1, -0.05) is 25.1 Å². The molecule has 0 saturated heterocycles. The van der Waals surface area contributed by atoms with Crippen molar-refractivity contribution in [3.63, 3.8) is 0 Å². The van der Waals surface area contributed by atoms with Crippen LogP contribution in [0.1, 0.15) is 29.8 Å². The normalized spacial score (nSPS) is 13.0. The fourth-order valence-corrected chi connectivity index (χ4v) is 2.12. The number of halogens is 1. The van der Waals surface area contributed by atoms with Crippen LogP contribution in [-0.4, -0.2) is 17.9 Å². The first-order valence-electron chi connectivity index (χ1n) is 8.06. The molecule has 0 aliphatic rings. The largest absolute Gasteiger partial charge is 0.348 e. The number of carbonyl (C=O) groups excluding carboxylic acids is 2. The van der Waals surface area contributed by atoms with E-state index in [1.807, 2.05) is 0 Å². The van der Waals surface area contributed by atoms with Crippen molar-refractivity contribution >= 4 is 17.5 Å². The van der Waals surface area contributed by atoms with Crippen LogP contribution >= 0.6 is 0 Å². The van der Waals surface area contributed by atoms with Gasteiger partial charge in [-0.05, 0) is 37.3 Å². The molecular formula is C19H22FN3O2. The van der Waals surface area contributed by atoms with Crippen LogP contribution in [0.3, 0.4) is 0 Å². The van der Waals surface area contributed by atoms with Gasteiger partial charge in [-0.15, -0.1) is 0 Å². The Morgan fingerprint density at radius 3 is 2.32 bits per heavy atom. The molecule has 0 aliphatic heterocycles. The standard InChI is InChI=1S/C19H22FN3O2/c1-12(13(2)21)18(24)23-16-9-7-14(8-10-16)19(25)22-11-15-5-3-4-6-17(15)20/h3-10,12-13H,11,21H2,1-2H3,(H,22,25)(H,23,24). The molecule has 6 heteroatoms. The summed E-state index contributed by atoms with van der Waals surface area (Å²) in [4.78, 5) is 24.1. The smallest absolute Gasteiger partial charge is 0.251 e. The summed E-state index contributed by atoms with van der Waals surface area (Å²) in [5.41, 5.74) is 7.14. The van der Waals surface area contributed by atoms with Crippen LogP contribution in [0.5, 0.6) is 0 Å². The molecular weight excluding hydrogens is 321 g/mol. The third-order valence-electron chi connectivity index (χ3n) is 4.01. The zero-order valence-electron chi connectivity index (χ0n) is 14.3. The fraction of sp³-hybridized carbons (Fsp3) is 0.263. The van der Waals surface area contributed by atoms with Crippen molar-refractivity contribution in [2.75, 3.05) is 5.32 Å². The van der Waals surface area contributed by atoms with E-state index in [9.17, 15) is 14.0 Å². The van der Waals surface area contributed by atoms with Gasteiger partial charge in [0.1, 0.15) is 5.82 Å². The lowest BCUT2D eigenvalue weighted by atomic mass is 10.0. The first-order valence-corrected chi connectivity index (χ1v) is 8.06. The molecule has 0 heterocycles. The first kappa shape index (κ1) is 18.6. The monoisotopic (exact) mass is 343 g/mol. The van der Waals surface area contributed by atoms with Crippen molar-refractivity contribution < 1.29 is 14.0 Å². The van der Waals surface area contributed by atoms with Gasteiger partial charge < -0.3 is 16.4 Å². The number of rotatable bonds is 6. The molecule has 0 aromatic heterocycles. The topological polar surface area (TPSA) is 84.2 Å². The zero-order chi connectivity index (χ0) is 18.4. The van der Waals surface area contributed by atoms with E-state index >= 15 is 0 Å². The molecule has 25 heavy (non-hydrogen) atoms. The maximum atomic E-state index is 13.5. The Labute approximate surface area is 146 Å². The van der Waals surface area contributed by atoms with E-state index in [0.717, 1.165) is 0 Å². The van der Waals surface area contributed by atoms with E-state index in [-0.39, 0.29) is 36.1 Å². The summed E-state index contributed by atoms with van der Waals surface area (Å²) in [6.07, 6.45) is 0. The molecule has 2 rings (SSSR count). The lowest BCUT2D eigenvalue weighted by Gasteiger charge is -2.15. The summed E-state index contributed by atoms with van der Waals surface area (Å²) in [5.74, 6) is -1.16. The Morgan fingerprint density at radius 2 is 1.72 bits per heavy atom. The van der Waals surface area contributed by atoms with Gasteiger partial charge in [-0.3, -0.25) is 9.59 Å². The molecule has 2 atom stereocenters. The van der Waals surface area contributed by atoms with Crippen LogP contribution in [0.25, 0.3) is 0 Å². The molecule has 5 nitrogen and oxygen atoms in total. The molecule has 2 aromatic rings. The first-order chi connectivity index (χ1) is 11.9. The molecule has 0 radical (unpaired) electrons. The highest BCUT2D eigenvalue weighted by Gasteiger charge is 2.17. The molecule has 132 valence electrons. The van der Waals surface area contributed by atoms with Crippen LogP contribution in [0, 0.1) is 11.7 Å². The van der Waals surface area contributed by atoms with E-state index in [4.69, 9.17) is 5.73 Å². The molecule has 2 unspecified atom stereocenters. The Hall–Kier alpha value is -2.73. The second-order valence-electron chi connectivity index (χ2n) is 5.99. The van der Waals surface area contributed by atoms with Crippen molar-refractivity contribution in [1.29, 1.82) is 0 Å². The quantitative estimate of drug-likeness (QED) is 0.754. The van der Waals surface area contributed by atoms with Gasteiger partial charge >= 0.3 is 0 Å². The van der Waals surface area contributed by atoms with Gasteiger partial charge in [0.25, 0.3) is 5.91 Å². The second-order valence-corrected chi connectivity index (χ2v) is 5.99. The maximum absolute atomic E-state index is 13.5. The maximum Gasteiger partial charge on any atom is 0.251 e. The summed E-state index contributed by atoms with van der Waals surface area (Å²) in [7, 11) is 0. The minimum absolute atomic E-state index is 0.107. The SMILES string of the molecule is CC(N)C(C)C(=O)Nc1ccc(C(=O)NCc2ccccc2F)cc1. The van der Waals surface area contributed by atoms with Gasteiger partial charge in [0.15, 0.2) is 0 Å². The molecule has 0 saturated carbocycles. The van der Waals surface area contributed by atoms with E-state index in [1.54, 1.807) is 56.3 Å². The van der Waals surface area contributed by atoms with Crippen molar-refractivity contribution in [2.24, 2.45) is 11.7 Å². The minimum Gasteiger partial charge on any atom is -0.348 e. The Bertz CT molecular complexity index is 745. The van der Waals surface area contributed by atoms with Gasteiger partial charge in [0.2, 0.25) is 5.91 Å². The van der Waals surface area contributed by atoms with Gasteiger partial charge in [-0.25, -0.2) is 4.39 Å². The Kier molecular flexibility index (Phi) is 6.25. The third-order valence-corrected chi connectivity index (χ3v) is 4.01. The summed E-state index contributed by atoms with van der Waals surface area (Å²) < 4.78 is 13.5. The third kappa shape index (κ3) is 5.12. The molecule has 4 N–H and O–H groups in total. The van der Waals surface area contributed by atoms with Crippen molar-refractivity contribution in [1.82, 2.24) is 5.32 Å². The van der Waals surface area contributed by atoms with Crippen LogP contribution in [0.2, 0.25) is 0 Å². The average Bonchev–Trinajstić information content (AvgIpc) is 2.60. The summed E-state index contributed by atoms with van der Waals surface area (Å²) >= 11 is 0. The predicted molar refractivity (Wildman–Crippen MR) is 95.5 cm³/mol. The predicted octanol–water partition coefficient (Wildman–Crippen LogP) is 2.68. The second kappa shape index (κ2) is 8.39. The van der Waals surface area contributed by atoms with Crippen molar-refractivity contribution in [3.05, 3.63) is 65.5 Å². The zero-order valence-corrected chi connectivity index (χ0v) is 14.3. The molecule has 0 bridgehead atoms. The van der Waals surface area contributed by atoms with E-state index in [1.165, 1.54) is 6.07 Å². The molecule has 2 aromatic carbocycles. The highest BCUT2D eigenvalue weighted by atomic mass is 19.1. The lowest BCUT2D eigenvalue weighted by molar-refractivity contribution is -0.119. The van der Waals surface area contributed by atoms with E-state index in [0.29, 0.717) is 16.8 Å². The lowest BCUT2D eigenvalue weighted by Crippen LogP contribution is -2.34. The number of anilines is 1. The Balaban J connectivity index is 1.94. The molecule has 0 fully saturated rings. The van der Waals surface area contributed by atoms with Crippen LogP contribution in [-0.2, 0) is 11.3 Å². The average molecular weight is 343 g/mol. The number of nitrogens with one attached hydrogen (secondary N) is 2. The minimum atomic E-state index is -0.357. The number of carbonyl (C=O) groups is 2. The molecule has 2 amide bonds. The van der Waals surface area contributed by atoms with Gasteiger partial charge in [0, 0.05) is 29.4 Å². The summed E-state index contributed by atoms with van der Waals surface area (Å²) in [5, 5.41) is 5.42. The molecule has 0 aliphatic carbocycles. The van der Waals surface area contributed by atoms with Crippen molar-refractivity contribution in [3.8, 4) is 0 Å². The molecule has 0 spiro atoms. The number of hydrogen-bond acceptors (Lipinski definition) is 3. The van der Waals surface area contributed by atoms with Crippen LogP contribution < -0.4 is 16.4 Å². The van der Waals surface area contributed by atoms with Crippen LogP contribution in [0.15, 0.2) is 48.5 Å². The number of nitrogens with two attached hydrogens (primary N) is 1. The van der Waals surface area contributed by atoms with Crippen molar-refractivity contribution in [2.45, 2.75) is 26.4 Å². The Morgan fingerprint density at radius 1 is 1.08 bits per heavy atom. The summed E-state index contributed by atoms with van der Waals surface area (Å²) in [6.45, 7) is 3.63. The number of benzene rings is 2. The summed E-state index contributed by atoms with van der Waals surface area (Å²) in [6, 6.07) is 12.5. The van der Waals surface area contributed by atoms with Gasteiger partial charge in [0.05, 0.1) is 5.92 Å². The highest BCUT2D eigenvalue weighted by molar-refractivity contribution is 5.96. The van der Waals surface area contributed by atoms with E-state index < -0.39 is 0 Å². The number of hydrogen-bond donors (Lipinski definition) is 3. The van der Waals surface area contributed by atoms with Gasteiger partial charge in [-0.2, -0.15) is 0 Å². The highest BCUT2D eigenvalue weighted by Crippen LogP contribution is 2.12.